The number of rotatable bonds is 4. The molecule has 0 unspecified atom stereocenters. The Bertz CT molecular complexity index is 675. The molecule has 3 rings (SSSR count). The summed E-state index contributed by atoms with van der Waals surface area (Å²) in [6, 6.07) is 13.6. The molecule has 0 saturated heterocycles. The van der Waals surface area contributed by atoms with Crippen LogP contribution in [0.5, 0.6) is 0 Å². The maximum absolute atomic E-state index is 12.2. The van der Waals surface area contributed by atoms with E-state index in [0.717, 1.165) is 24.0 Å². The standard InChI is InChI=1S/C17H18N2O2S/c20-16(12-22-17-10-3-4-11-19(17)21)18-15-9-5-7-13-6-1-2-8-14(13)15/h1-4,6,8,10-11,15H,5,7,9,12H2,(H,18,20)/t15-/m0/s1. The predicted molar refractivity (Wildman–Crippen MR) is 86.4 cm³/mol. The van der Waals surface area contributed by atoms with E-state index in [4.69, 9.17) is 0 Å². The number of fused-ring (bicyclic) bond motifs is 1. The Morgan fingerprint density at radius 2 is 2.09 bits per heavy atom. The number of amides is 1. The van der Waals surface area contributed by atoms with Crippen LogP contribution in [0.1, 0.15) is 30.0 Å². The first-order chi connectivity index (χ1) is 10.7. The molecule has 4 nitrogen and oxygen atoms in total. The van der Waals surface area contributed by atoms with E-state index in [1.165, 1.54) is 29.1 Å². The topological polar surface area (TPSA) is 56.0 Å². The Morgan fingerprint density at radius 3 is 2.95 bits per heavy atom. The minimum Gasteiger partial charge on any atom is -0.618 e. The lowest BCUT2D eigenvalue weighted by atomic mass is 9.88. The first kappa shape index (κ1) is 14.9. The highest BCUT2D eigenvalue weighted by molar-refractivity contribution is 7.99. The van der Waals surface area contributed by atoms with Gasteiger partial charge in [-0.1, -0.05) is 24.3 Å². The molecule has 1 aliphatic carbocycles. The Balaban J connectivity index is 1.60. The molecule has 0 bridgehead atoms. The number of thioether (sulfide) groups is 1. The van der Waals surface area contributed by atoms with Crippen molar-refractivity contribution in [2.45, 2.75) is 30.3 Å². The number of pyridine rings is 1. The van der Waals surface area contributed by atoms with Crippen molar-refractivity contribution in [2.75, 3.05) is 5.75 Å². The van der Waals surface area contributed by atoms with Crippen LogP contribution >= 0.6 is 11.8 Å². The fourth-order valence-corrected chi connectivity index (χ4v) is 3.53. The first-order valence-electron chi connectivity index (χ1n) is 7.42. The van der Waals surface area contributed by atoms with Crippen LogP contribution in [0.4, 0.5) is 0 Å². The van der Waals surface area contributed by atoms with Gasteiger partial charge in [0.2, 0.25) is 5.91 Å². The first-order valence-corrected chi connectivity index (χ1v) is 8.41. The van der Waals surface area contributed by atoms with Crippen molar-refractivity contribution in [1.82, 2.24) is 5.32 Å². The molecule has 1 aliphatic rings. The van der Waals surface area contributed by atoms with E-state index in [9.17, 15) is 10.0 Å². The minimum absolute atomic E-state index is 0.0319. The van der Waals surface area contributed by atoms with Crippen LogP contribution < -0.4 is 10.0 Å². The average Bonchev–Trinajstić information content (AvgIpc) is 2.54. The Morgan fingerprint density at radius 1 is 1.27 bits per heavy atom. The molecule has 0 radical (unpaired) electrons. The zero-order valence-corrected chi connectivity index (χ0v) is 13.0. The number of nitrogens with one attached hydrogen (secondary N) is 1. The van der Waals surface area contributed by atoms with Gasteiger partial charge in [0.05, 0.1) is 11.8 Å². The maximum atomic E-state index is 12.2. The summed E-state index contributed by atoms with van der Waals surface area (Å²) >= 11 is 1.26. The van der Waals surface area contributed by atoms with E-state index < -0.39 is 0 Å². The molecule has 0 spiro atoms. The molecule has 114 valence electrons. The highest BCUT2D eigenvalue weighted by Crippen LogP contribution is 2.29. The van der Waals surface area contributed by atoms with E-state index in [2.05, 4.69) is 17.4 Å². The predicted octanol–water partition coefficient (Wildman–Crippen LogP) is 2.61. The molecule has 1 atom stereocenters. The van der Waals surface area contributed by atoms with Gasteiger partial charge in [0.25, 0.3) is 5.03 Å². The largest absolute Gasteiger partial charge is 0.618 e. The molecule has 22 heavy (non-hydrogen) atoms. The molecule has 0 fully saturated rings. The van der Waals surface area contributed by atoms with Crippen LogP contribution in [0.3, 0.4) is 0 Å². The summed E-state index contributed by atoms with van der Waals surface area (Å²) < 4.78 is 0.786. The van der Waals surface area contributed by atoms with Crippen molar-refractivity contribution in [3.63, 3.8) is 0 Å². The zero-order chi connectivity index (χ0) is 15.4. The van der Waals surface area contributed by atoms with Crippen LogP contribution in [0.2, 0.25) is 0 Å². The Hall–Kier alpha value is -2.01. The molecular weight excluding hydrogens is 296 g/mol. The SMILES string of the molecule is O=C(CSc1cccc[n+]1[O-])N[C@H]1CCCc2ccccc21. The fourth-order valence-electron chi connectivity index (χ4n) is 2.80. The molecule has 1 aromatic heterocycles. The molecule has 0 saturated carbocycles. The Kier molecular flexibility index (Phi) is 4.63. The monoisotopic (exact) mass is 314 g/mol. The number of hydrogen-bond acceptors (Lipinski definition) is 3. The van der Waals surface area contributed by atoms with Gasteiger partial charge in [-0.25, -0.2) is 0 Å². The Labute approximate surface area is 134 Å². The number of aryl methyl sites for hydroxylation is 1. The third kappa shape index (κ3) is 3.42. The van der Waals surface area contributed by atoms with Crippen molar-refractivity contribution < 1.29 is 9.52 Å². The smallest absolute Gasteiger partial charge is 0.251 e. The van der Waals surface area contributed by atoms with Crippen LogP contribution in [-0.2, 0) is 11.2 Å². The molecule has 1 heterocycles. The lowest BCUT2D eigenvalue weighted by molar-refractivity contribution is -0.645. The van der Waals surface area contributed by atoms with Crippen molar-refractivity contribution in [2.24, 2.45) is 0 Å². The number of nitrogens with zero attached hydrogens (tertiary/aromatic N) is 1. The van der Waals surface area contributed by atoms with Crippen LogP contribution in [0, 0.1) is 5.21 Å². The number of benzene rings is 1. The zero-order valence-electron chi connectivity index (χ0n) is 12.2. The second-order valence-corrected chi connectivity index (χ2v) is 6.36. The number of carbonyl (C=O) groups is 1. The van der Waals surface area contributed by atoms with Gasteiger partial charge in [-0.3, -0.25) is 4.79 Å². The quantitative estimate of drug-likeness (QED) is 0.536. The summed E-state index contributed by atoms with van der Waals surface area (Å²) in [5.41, 5.74) is 2.55. The second-order valence-electron chi connectivity index (χ2n) is 5.36. The van der Waals surface area contributed by atoms with E-state index in [0.29, 0.717) is 5.03 Å². The average molecular weight is 314 g/mol. The highest BCUT2D eigenvalue weighted by Gasteiger charge is 2.21. The van der Waals surface area contributed by atoms with E-state index >= 15 is 0 Å². The van der Waals surface area contributed by atoms with Crippen LogP contribution in [-0.4, -0.2) is 11.7 Å². The van der Waals surface area contributed by atoms with Gasteiger partial charge in [-0.15, -0.1) is 0 Å². The van der Waals surface area contributed by atoms with E-state index in [1.807, 2.05) is 12.1 Å². The number of hydrogen-bond donors (Lipinski definition) is 1. The molecular formula is C17H18N2O2S. The van der Waals surface area contributed by atoms with Gasteiger partial charge in [-0.2, -0.15) is 4.73 Å². The molecule has 1 N–H and O–H groups in total. The van der Waals surface area contributed by atoms with E-state index in [1.54, 1.807) is 18.2 Å². The fraction of sp³-hybridized carbons (Fsp3) is 0.294. The third-order valence-corrected chi connectivity index (χ3v) is 4.86. The minimum atomic E-state index is -0.0319. The van der Waals surface area contributed by atoms with E-state index in [-0.39, 0.29) is 17.7 Å². The molecule has 1 aromatic carbocycles. The summed E-state index contributed by atoms with van der Waals surface area (Å²) in [5, 5.41) is 15.2. The van der Waals surface area contributed by atoms with Crippen molar-refractivity contribution in [3.05, 3.63) is 65.0 Å². The van der Waals surface area contributed by atoms with Gasteiger partial charge in [0, 0.05) is 12.1 Å². The molecule has 1 amide bonds. The second kappa shape index (κ2) is 6.83. The molecule has 0 aliphatic heterocycles. The number of carbonyl (C=O) groups excluding carboxylic acids is 1. The summed E-state index contributed by atoms with van der Waals surface area (Å²) in [6.07, 6.45) is 4.59. The highest BCUT2D eigenvalue weighted by atomic mass is 32.2. The molecule has 2 aromatic rings. The van der Waals surface area contributed by atoms with Gasteiger partial charge in [0.1, 0.15) is 0 Å². The normalized spacial score (nSPS) is 16.8. The number of aromatic nitrogens is 1. The third-order valence-electron chi connectivity index (χ3n) is 3.84. The summed E-state index contributed by atoms with van der Waals surface area (Å²) in [5.74, 6) is 0.223. The van der Waals surface area contributed by atoms with Gasteiger partial charge < -0.3 is 10.5 Å². The summed E-state index contributed by atoms with van der Waals surface area (Å²) in [4.78, 5) is 12.2. The lowest BCUT2D eigenvalue weighted by Gasteiger charge is -2.26. The van der Waals surface area contributed by atoms with Crippen molar-refractivity contribution >= 4 is 17.7 Å². The van der Waals surface area contributed by atoms with Gasteiger partial charge >= 0.3 is 0 Å². The lowest BCUT2D eigenvalue weighted by Crippen LogP contribution is -2.33. The van der Waals surface area contributed by atoms with Crippen molar-refractivity contribution in [3.8, 4) is 0 Å². The maximum Gasteiger partial charge on any atom is 0.251 e. The van der Waals surface area contributed by atoms with Crippen molar-refractivity contribution in [1.29, 1.82) is 0 Å². The summed E-state index contributed by atoms with van der Waals surface area (Å²) in [6.45, 7) is 0. The van der Waals surface area contributed by atoms with Crippen LogP contribution in [0.15, 0.2) is 53.7 Å². The van der Waals surface area contributed by atoms with Crippen LogP contribution in [0.25, 0.3) is 0 Å². The van der Waals surface area contributed by atoms with Gasteiger partial charge in [-0.05, 0) is 48.2 Å². The summed E-state index contributed by atoms with van der Waals surface area (Å²) in [7, 11) is 0. The molecule has 5 heteroatoms. The van der Waals surface area contributed by atoms with Gasteiger partial charge in [0.15, 0.2) is 6.20 Å².